The third-order valence-corrected chi connectivity index (χ3v) is 7.30. The molecule has 200 valence electrons. The quantitative estimate of drug-likeness (QED) is 0.208. The molecular formula is C27H26N6O5S. The molecule has 0 bridgehead atoms. The maximum absolute atomic E-state index is 12.9. The van der Waals surface area contributed by atoms with E-state index in [1.165, 1.54) is 12.1 Å². The SMILES string of the molecule is Cc1cc(-c2nc(-c3ccc(S(=O)(=O)Nc4ccc(CCNCC(O)c5cccnc5)cc4)cc3)no2)no1. The van der Waals surface area contributed by atoms with Gasteiger partial charge >= 0.3 is 0 Å². The molecule has 0 aliphatic rings. The fraction of sp³-hybridized carbons (Fsp3) is 0.185. The zero-order chi connectivity index (χ0) is 27.2. The van der Waals surface area contributed by atoms with Crippen molar-refractivity contribution in [3.8, 4) is 23.0 Å². The highest BCUT2D eigenvalue weighted by atomic mass is 32.2. The number of hydrogen-bond acceptors (Lipinski definition) is 10. The van der Waals surface area contributed by atoms with Gasteiger partial charge in [0.05, 0.1) is 11.0 Å². The molecule has 12 heteroatoms. The van der Waals surface area contributed by atoms with Crippen LogP contribution in [0.4, 0.5) is 5.69 Å². The Balaban J connectivity index is 1.14. The van der Waals surface area contributed by atoms with Crippen LogP contribution in [0.3, 0.4) is 0 Å². The second-order valence-electron chi connectivity index (χ2n) is 8.83. The molecule has 0 saturated carbocycles. The van der Waals surface area contributed by atoms with E-state index in [0.29, 0.717) is 41.6 Å². The molecule has 11 nitrogen and oxygen atoms in total. The molecule has 3 heterocycles. The number of aliphatic hydroxyl groups excluding tert-OH is 1. The van der Waals surface area contributed by atoms with Gasteiger partial charge in [0.25, 0.3) is 15.9 Å². The Morgan fingerprint density at radius 3 is 2.49 bits per heavy atom. The minimum atomic E-state index is -3.80. The highest BCUT2D eigenvalue weighted by Gasteiger charge is 2.17. The van der Waals surface area contributed by atoms with Crippen LogP contribution < -0.4 is 10.0 Å². The number of hydrogen-bond donors (Lipinski definition) is 3. The summed E-state index contributed by atoms with van der Waals surface area (Å²) in [5, 5.41) is 21.2. The van der Waals surface area contributed by atoms with Gasteiger partial charge in [-0.25, -0.2) is 8.42 Å². The summed E-state index contributed by atoms with van der Waals surface area (Å²) in [6.45, 7) is 2.83. The Labute approximate surface area is 225 Å². The third-order valence-electron chi connectivity index (χ3n) is 5.90. The summed E-state index contributed by atoms with van der Waals surface area (Å²) < 4.78 is 38.7. The lowest BCUT2D eigenvalue weighted by Crippen LogP contribution is -2.23. The summed E-state index contributed by atoms with van der Waals surface area (Å²) in [6, 6.07) is 18.7. The van der Waals surface area contributed by atoms with Crippen molar-refractivity contribution in [3.63, 3.8) is 0 Å². The van der Waals surface area contributed by atoms with Crippen molar-refractivity contribution < 1.29 is 22.6 Å². The molecule has 0 spiro atoms. The molecule has 0 aliphatic heterocycles. The summed E-state index contributed by atoms with van der Waals surface area (Å²) >= 11 is 0. The molecular weight excluding hydrogens is 520 g/mol. The molecule has 0 saturated heterocycles. The number of nitrogens with one attached hydrogen (secondary N) is 2. The number of sulfonamides is 1. The molecule has 0 amide bonds. The van der Waals surface area contributed by atoms with Crippen molar-refractivity contribution in [1.82, 2.24) is 25.6 Å². The van der Waals surface area contributed by atoms with Gasteiger partial charge in [0, 0.05) is 41.8 Å². The van der Waals surface area contributed by atoms with Gasteiger partial charge in [0.15, 0.2) is 5.69 Å². The molecule has 1 atom stereocenters. The van der Waals surface area contributed by atoms with E-state index in [0.717, 1.165) is 17.5 Å². The predicted octanol–water partition coefficient (Wildman–Crippen LogP) is 3.76. The van der Waals surface area contributed by atoms with Gasteiger partial charge in [-0.3, -0.25) is 9.71 Å². The van der Waals surface area contributed by atoms with E-state index in [1.807, 2.05) is 18.2 Å². The second kappa shape index (κ2) is 11.6. The van der Waals surface area contributed by atoms with Gasteiger partial charge in [-0.2, -0.15) is 4.98 Å². The number of rotatable bonds is 11. The number of pyridine rings is 1. The van der Waals surface area contributed by atoms with Gasteiger partial charge in [-0.1, -0.05) is 28.5 Å². The first-order valence-electron chi connectivity index (χ1n) is 12.2. The summed E-state index contributed by atoms with van der Waals surface area (Å²) in [7, 11) is -3.80. The Morgan fingerprint density at radius 1 is 1.00 bits per heavy atom. The molecule has 0 fully saturated rings. The van der Waals surface area contributed by atoms with Crippen LogP contribution in [0.2, 0.25) is 0 Å². The maximum atomic E-state index is 12.9. The average Bonchev–Trinajstić information content (AvgIpc) is 3.62. The van der Waals surface area contributed by atoms with Gasteiger partial charge in [-0.15, -0.1) is 0 Å². The van der Waals surface area contributed by atoms with E-state index in [9.17, 15) is 13.5 Å². The van der Waals surface area contributed by atoms with E-state index < -0.39 is 16.1 Å². The smallest absolute Gasteiger partial charge is 0.280 e. The normalized spacial score (nSPS) is 12.4. The number of aliphatic hydroxyl groups is 1. The first-order valence-corrected chi connectivity index (χ1v) is 13.6. The molecule has 1 unspecified atom stereocenters. The standard InChI is InChI=1S/C27H26N6O5S/c1-18-15-24(31-37-18)27-30-26(32-38-27)20-6-10-23(11-7-20)39(35,36)33-22-8-4-19(5-9-22)12-14-29-17-25(34)21-3-2-13-28-16-21/h2-11,13,15-16,25,29,33-34H,12,14,17H2,1H3. The molecule has 5 rings (SSSR count). The summed E-state index contributed by atoms with van der Waals surface area (Å²) in [5.74, 6) is 1.13. The highest BCUT2D eigenvalue weighted by Crippen LogP contribution is 2.24. The predicted molar refractivity (Wildman–Crippen MR) is 143 cm³/mol. The highest BCUT2D eigenvalue weighted by molar-refractivity contribution is 7.92. The van der Waals surface area contributed by atoms with Crippen LogP contribution in [-0.4, -0.2) is 46.9 Å². The Bertz CT molecular complexity index is 1620. The largest absolute Gasteiger partial charge is 0.387 e. The van der Waals surface area contributed by atoms with Crippen molar-refractivity contribution >= 4 is 15.7 Å². The van der Waals surface area contributed by atoms with Crippen LogP contribution in [0, 0.1) is 6.92 Å². The topological polar surface area (TPSA) is 156 Å². The van der Waals surface area contributed by atoms with Crippen molar-refractivity contribution in [2.45, 2.75) is 24.3 Å². The lowest BCUT2D eigenvalue weighted by Gasteiger charge is -2.12. The zero-order valence-corrected chi connectivity index (χ0v) is 21.8. The molecule has 5 aromatic rings. The fourth-order valence-electron chi connectivity index (χ4n) is 3.81. The number of anilines is 1. The van der Waals surface area contributed by atoms with Crippen molar-refractivity contribution in [2.24, 2.45) is 0 Å². The first kappa shape index (κ1) is 26.2. The summed E-state index contributed by atoms with van der Waals surface area (Å²) in [5.41, 5.74) is 3.27. The van der Waals surface area contributed by atoms with Gasteiger partial charge in [-0.05, 0) is 67.9 Å². The molecule has 0 aliphatic carbocycles. The van der Waals surface area contributed by atoms with E-state index in [1.54, 1.807) is 55.7 Å². The van der Waals surface area contributed by atoms with Gasteiger partial charge in [0.2, 0.25) is 5.82 Å². The van der Waals surface area contributed by atoms with E-state index >= 15 is 0 Å². The molecule has 3 N–H and O–H groups in total. The van der Waals surface area contributed by atoms with Crippen LogP contribution >= 0.6 is 0 Å². The van der Waals surface area contributed by atoms with Gasteiger partial charge in [0.1, 0.15) is 5.76 Å². The average molecular weight is 547 g/mol. The van der Waals surface area contributed by atoms with Crippen LogP contribution in [-0.2, 0) is 16.4 Å². The van der Waals surface area contributed by atoms with Crippen LogP contribution in [0.25, 0.3) is 23.0 Å². The number of aromatic nitrogens is 4. The zero-order valence-electron chi connectivity index (χ0n) is 21.0. The van der Waals surface area contributed by atoms with Crippen molar-refractivity contribution in [1.29, 1.82) is 0 Å². The molecule has 2 aromatic carbocycles. The lowest BCUT2D eigenvalue weighted by molar-refractivity contribution is 0.174. The monoisotopic (exact) mass is 546 g/mol. The molecule has 39 heavy (non-hydrogen) atoms. The van der Waals surface area contributed by atoms with E-state index in [2.05, 4.69) is 30.3 Å². The number of benzene rings is 2. The van der Waals surface area contributed by atoms with Crippen LogP contribution in [0.15, 0.2) is 93.1 Å². The Hall–Kier alpha value is -4.39. The fourth-order valence-corrected chi connectivity index (χ4v) is 4.87. The minimum Gasteiger partial charge on any atom is -0.387 e. The summed E-state index contributed by atoms with van der Waals surface area (Å²) in [4.78, 5) is 8.41. The Morgan fingerprint density at radius 2 is 1.79 bits per heavy atom. The van der Waals surface area contributed by atoms with E-state index in [4.69, 9.17) is 9.05 Å². The van der Waals surface area contributed by atoms with Crippen LogP contribution in [0.1, 0.15) is 23.0 Å². The first-order chi connectivity index (χ1) is 18.9. The lowest BCUT2D eigenvalue weighted by atomic mass is 10.1. The molecule has 3 aromatic heterocycles. The third kappa shape index (κ3) is 6.55. The van der Waals surface area contributed by atoms with Crippen molar-refractivity contribution in [3.05, 3.63) is 96.0 Å². The second-order valence-corrected chi connectivity index (χ2v) is 10.5. The summed E-state index contributed by atoms with van der Waals surface area (Å²) in [6.07, 6.45) is 3.41. The maximum Gasteiger partial charge on any atom is 0.280 e. The van der Waals surface area contributed by atoms with Crippen molar-refractivity contribution in [2.75, 3.05) is 17.8 Å². The number of aryl methyl sites for hydroxylation is 1. The number of nitrogens with zero attached hydrogens (tertiary/aromatic N) is 4. The Kier molecular flexibility index (Phi) is 7.77. The molecule has 0 radical (unpaired) electrons. The van der Waals surface area contributed by atoms with Crippen LogP contribution in [0.5, 0.6) is 0 Å². The van der Waals surface area contributed by atoms with Gasteiger partial charge < -0.3 is 19.5 Å². The van der Waals surface area contributed by atoms with E-state index in [-0.39, 0.29) is 10.8 Å². The minimum absolute atomic E-state index is 0.0996.